The van der Waals surface area contributed by atoms with Gasteiger partial charge in [-0.1, -0.05) is 37.3 Å². The van der Waals surface area contributed by atoms with Crippen LogP contribution in [0.15, 0.2) is 42.5 Å². The number of likely N-dealkylation sites (N-methyl/N-ethyl adjacent to an activating group) is 1. The van der Waals surface area contributed by atoms with Crippen LogP contribution < -0.4 is 10.2 Å². The van der Waals surface area contributed by atoms with Crippen LogP contribution in [-0.4, -0.2) is 18.9 Å². The number of benzene rings is 2. The van der Waals surface area contributed by atoms with Gasteiger partial charge in [0.1, 0.15) is 0 Å². The monoisotopic (exact) mass is 308 g/mol. The van der Waals surface area contributed by atoms with E-state index in [1.54, 1.807) is 11.9 Å². The first-order chi connectivity index (χ1) is 11.1. The minimum Gasteiger partial charge on any atom is -0.326 e. The van der Waals surface area contributed by atoms with Crippen molar-refractivity contribution in [1.82, 2.24) is 0 Å². The van der Waals surface area contributed by atoms with Crippen molar-refractivity contribution in [3.8, 4) is 0 Å². The fourth-order valence-corrected chi connectivity index (χ4v) is 2.96. The number of carbonyl (C=O) groups is 2. The summed E-state index contributed by atoms with van der Waals surface area (Å²) < 4.78 is 0. The highest BCUT2D eigenvalue weighted by molar-refractivity contribution is 6.01. The van der Waals surface area contributed by atoms with Gasteiger partial charge in [0.2, 0.25) is 11.8 Å². The predicted octanol–water partition coefficient (Wildman–Crippen LogP) is 2.95. The van der Waals surface area contributed by atoms with Crippen LogP contribution in [0.1, 0.15) is 23.6 Å². The molecule has 4 nitrogen and oxygen atoms in total. The van der Waals surface area contributed by atoms with E-state index in [4.69, 9.17) is 0 Å². The molecular formula is C19H20N2O2. The van der Waals surface area contributed by atoms with Crippen molar-refractivity contribution in [3.63, 3.8) is 0 Å². The van der Waals surface area contributed by atoms with E-state index in [-0.39, 0.29) is 11.8 Å². The maximum Gasteiger partial charge on any atom is 0.231 e. The van der Waals surface area contributed by atoms with Gasteiger partial charge in [-0.3, -0.25) is 9.59 Å². The Kier molecular flexibility index (Phi) is 4.15. The van der Waals surface area contributed by atoms with E-state index in [9.17, 15) is 9.59 Å². The van der Waals surface area contributed by atoms with Gasteiger partial charge in [0.05, 0.1) is 12.8 Å². The molecule has 0 unspecified atom stereocenters. The number of carbonyl (C=O) groups excluding carboxylic acids is 2. The van der Waals surface area contributed by atoms with Crippen molar-refractivity contribution >= 4 is 23.2 Å². The fraction of sp³-hybridized carbons (Fsp3) is 0.263. The average molecular weight is 308 g/mol. The van der Waals surface area contributed by atoms with Gasteiger partial charge in [-0.25, -0.2) is 0 Å². The molecule has 4 heteroatoms. The van der Waals surface area contributed by atoms with Gasteiger partial charge in [-0.15, -0.1) is 0 Å². The quantitative estimate of drug-likeness (QED) is 0.944. The van der Waals surface area contributed by atoms with Crippen LogP contribution in [0.4, 0.5) is 11.4 Å². The third kappa shape index (κ3) is 3.11. The normalized spacial score (nSPS) is 13.1. The second-order valence-corrected chi connectivity index (χ2v) is 5.83. The minimum atomic E-state index is -0.0384. The Balaban J connectivity index is 1.72. The van der Waals surface area contributed by atoms with Crippen molar-refractivity contribution in [2.75, 3.05) is 17.3 Å². The SMILES string of the molecule is CCc1ccccc1NC(=O)Cc1ccc2c(c1)CC(=O)N2C. The summed E-state index contributed by atoms with van der Waals surface area (Å²) in [6, 6.07) is 13.6. The van der Waals surface area contributed by atoms with Gasteiger partial charge >= 0.3 is 0 Å². The first-order valence-corrected chi connectivity index (χ1v) is 7.84. The van der Waals surface area contributed by atoms with Gasteiger partial charge in [-0.05, 0) is 35.2 Å². The number of rotatable bonds is 4. The molecule has 0 bridgehead atoms. The number of para-hydroxylation sites is 1. The van der Waals surface area contributed by atoms with Crippen molar-refractivity contribution in [2.24, 2.45) is 0 Å². The number of anilines is 2. The van der Waals surface area contributed by atoms with Crippen molar-refractivity contribution < 1.29 is 9.59 Å². The molecule has 3 rings (SSSR count). The van der Waals surface area contributed by atoms with Crippen LogP contribution in [0.25, 0.3) is 0 Å². The predicted molar refractivity (Wildman–Crippen MR) is 91.7 cm³/mol. The topological polar surface area (TPSA) is 49.4 Å². The Labute approximate surface area is 136 Å². The summed E-state index contributed by atoms with van der Waals surface area (Å²) in [5, 5.41) is 2.98. The number of amides is 2. The van der Waals surface area contributed by atoms with Crippen LogP contribution in [0, 0.1) is 0 Å². The summed E-state index contributed by atoms with van der Waals surface area (Å²) in [5.74, 6) is 0.0574. The zero-order chi connectivity index (χ0) is 16.4. The lowest BCUT2D eigenvalue weighted by atomic mass is 10.1. The van der Waals surface area contributed by atoms with Gasteiger partial charge < -0.3 is 10.2 Å². The molecule has 118 valence electrons. The summed E-state index contributed by atoms with van der Waals surface area (Å²) >= 11 is 0. The van der Waals surface area contributed by atoms with Gasteiger partial charge in [0, 0.05) is 18.4 Å². The zero-order valence-electron chi connectivity index (χ0n) is 13.4. The Morgan fingerprint density at radius 1 is 1.22 bits per heavy atom. The van der Waals surface area contributed by atoms with Gasteiger partial charge in [0.15, 0.2) is 0 Å². The summed E-state index contributed by atoms with van der Waals surface area (Å²) in [5.41, 5.74) is 4.86. The van der Waals surface area contributed by atoms with Crippen LogP contribution in [0.5, 0.6) is 0 Å². The summed E-state index contributed by atoms with van der Waals surface area (Å²) in [4.78, 5) is 25.7. The second kappa shape index (κ2) is 6.24. The summed E-state index contributed by atoms with van der Waals surface area (Å²) in [6.45, 7) is 2.07. The molecule has 2 aromatic rings. The van der Waals surface area contributed by atoms with E-state index < -0.39 is 0 Å². The number of fused-ring (bicyclic) bond motifs is 1. The standard InChI is InChI=1S/C19H20N2O2/c1-3-14-6-4-5-7-16(14)20-18(22)11-13-8-9-17-15(10-13)12-19(23)21(17)2/h4-10H,3,11-12H2,1-2H3,(H,20,22). The van der Waals surface area contributed by atoms with E-state index in [0.29, 0.717) is 12.8 Å². The lowest BCUT2D eigenvalue weighted by molar-refractivity contribution is -0.117. The molecule has 0 atom stereocenters. The smallest absolute Gasteiger partial charge is 0.231 e. The molecule has 0 spiro atoms. The second-order valence-electron chi connectivity index (χ2n) is 5.83. The number of nitrogens with one attached hydrogen (secondary N) is 1. The lowest BCUT2D eigenvalue weighted by Gasteiger charge is -2.12. The number of hydrogen-bond acceptors (Lipinski definition) is 2. The Morgan fingerprint density at radius 2 is 2.00 bits per heavy atom. The van der Waals surface area contributed by atoms with E-state index in [1.165, 1.54) is 0 Å². The van der Waals surface area contributed by atoms with Crippen LogP contribution >= 0.6 is 0 Å². The molecular weight excluding hydrogens is 288 g/mol. The highest BCUT2D eigenvalue weighted by atomic mass is 16.2. The molecule has 0 aliphatic carbocycles. The average Bonchev–Trinajstić information content (AvgIpc) is 2.82. The molecule has 0 aromatic heterocycles. The van der Waals surface area contributed by atoms with Crippen molar-refractivity contribution in [1.29, 1.82) is 0 Å². The molecule has 0 saturated heterocycles. The Bertz CT molecular complexity index is 768. The number of aryl methyl sites for hydroxylation is 1. The molecule has 0 fully saturated rings. The van der Waals surface area contributed by atoms with E-state index in [2.05, 4.69) is 12.2 Å². The molecule has 1 aliphatic rings. The largest absolute Gasteiger partial charge is 0.326 e. The third-order valence-corrected chi connectivity index (χ3v) is 4.26. The Hall–Kier alpha value is -2.62. The first kappa shape index (κ1) is 15.3. The van der Waals surface area contributed by atoms with E-state index >= 15 is 0 Å². The summed E-state index contributed by atoms with van der Waals surface area (Å²) in [6.07, 6.45) is 1.60. The van der Waals surface area contributed by atoms with Crippen molar-refractivity contribution in [3.05, 3.63) is 59.2 Å². The van der Waals surface area contributed by atoms with Crippen LogP contribution in [-0.2, 0) is 28.9 Å². The molecule has 2 aromatic carbocycles. The number of nitrogens with zero attached hydrogens (tertiary/aromatic N) is 1. The molecule has 0 saturated carbocycles. The highest BCUT2D eigenvalue weighted by Gasteiger charge is 2.24. The van der Waals surface area contributed by atoms with Gasteiger partial charge in [0.25, 0.3) is 0 Å². The highest BCUT2D eigenvalue weighted by Crippen LogP contribution is 2.28. The maximum atomic E-state index is 12.3. The zero-order valence-corrected chi connectivity index (χ0v) is 13.4. The molecule has 2 amide bonds. The molecule has 1 aliphatic heterocycles. The first-order valence-electron chi connectivity index (χ1n) is 7.84. The Morgan fingerprint density at radius 3 is 2.78 bits per heavy atom. The molecule has 23 heavy (non-hydrogen) atoms. The molecule has 1 N–H and O–H groups in total. The van der Waals surface area contributed by atoms with Crippen molar-refractivity contribution in [2.45, 2.75) is 26.2 Å². The third-order valence-electron chi connectivity index (χ3n) is 4.26. The maximum absolute atomic E-state index is 12.3. The minimum absolute atomic E-state index is 0.0384. The summed E-state index contributed by atoms with van der Waals surface area (Å²) in [7, 11) is 1.78. The molecule has 1 heterocycles. The van der Waals surface area contributed by atoms with Gasteiger partial charge in [-0.2, -0.15) is 0 Å². The molecule has 0 radical (unpaired) electrons. The van der Waals surface area contributed by atoms with Crippen LogP contribution in [0.2, 0.25) is 0 Å². The number of hydrogen-bond donors (Lipinski definition) is 1. The van der Waals surface area contributed by atoms with Crippen LogP contribution in [0.3, 0.4) is 0 Å². The lowest BCUT2D eigenvalue weighted by Crippen LogP contribution is -2.20. The fourth-order valence-electron chi connectivity index (χ4n) is 2.96. The van der Waals surface area contributed by atoms with E-state index in [0.717, 1.165) is 34.5 Å². The van der Waals surface area contributed by atoms with E-state index in [1.807, 2.05) is 42.5 Å².